The van der Waals surface area contributed by atoms with Crippen LogP contribution < -0.4 is 0 Å². The fourth-order valence-electron chi connectivity index (χ4n) is 5.10. The van der Waals surface area contributed by atoms with Gasteiger partial charge in [-0.05, 0) is 67.6 Å². The molecule has 15 heavy (non-hydrogen) atoms. The van der Waals surface area contributed by atoms with E-state index in [2.05, 4.69) is 13.8 Å². The van der Waals surface area contributed by atoms with Gasteiger partial charge in [-0.3, -0.25) is 0 Å². The molecule has 0 spiro atoms. The largest absolute Gasteiger partial charge is 0.0625 e. The second kappa shape index (κ2) is 3.79. The van der Waals surface area contributed by atoms with Crippen LogP contribution in [0, 0.1) is 35.5 Å². The van der Waals surface area contributed by atoms with E-state index < -0.39 is 0 Å². The Balaban J connectivity index is 1.72. The van der Waals surface area contributed by atoms with Crippen molar-refractivity contribution in [2.24, 2.45) is 35.5 Å². The molecule has 0 aliphatic heterocycles. The molecule has 0 saturated heterocycles. The molecule has 3 fully saturated rings. The van der Waals surface area contributed by atoms with Crippen molar-refractivity contribution in [3.05, 3.63) is 0 Å². The lowest BCUT2D eigenvalue weighted by atomic mass is 9.70. The number of fused-ring (bicyclic) bond motifs is 3. The first-order valence-electron chi connectivity index (χ1n) is 7.24. The third kappa shape index (κ3) is 1.74. The average Bonchev–Trinajstić information content (AvgIpc) is 2.53. The summed E-state index contributed by atoms with van der Waals surface area (Å²) in [4.78, 5) is 0. The first kappa shape index (κ1) is 10.2. The highest BCUT2D eigenvalue weighted by molar-refractivity contribution is 4.96. The van der Waals surface area contributed by atoms with Crippen LogP contribution in [0.25, 0.3) is 0 Å². The Morgan fingerprint density at radius 2 is 1.07 bits per heavy atom. The van der Waals surface area contributed by atoms with Crippen LogP contribution in [-0.2, 0) is 0 Å². The van der Waals surface area contributed by atoms with Gasteiger partial charge in [0.1, 0.15) is 0 Å². The quantitative estimate of drug-likeness (QED) is 0.547. The van der Waals surface area contributed by atoms with Crippen molar-refractivity contribution in [2.75, 3.05) is 0 Å². The molecule has 3 saturated carbocycles. The molecule has 0 nitrogen and oxygen atoms in total. The second-order valence-electron chi connectivity index (χ2n) is 6.92. The highest BCUT2D eigenvalue weighted by Gasteiger charge is 2.46. The van der Waals surface area contributed by atoms with E-state index in [4.69, 9.17) is 0 Å². The summed E-state index contributed by atoms with van der Waals surface area (Å²) in [6.07, 6.45) is 10.9. The molecule has 0 amide bonds. The molecule has 86 valence electrons. The van der Waals surface area contributed by atoms with Crippen LogP contribution >= 0.6 is 0 Å². The van der Waals surface area contributed by atoms with E-state index in [9.17, 15) is 0 Å². The smallest absolute Gasteiger partial charge is 0.0354 e. The van der Waals surface area contributed by atoms with E-state index in [1.165, 1.54) is 12.8 Å². The van der Waals surface area contributed by atoms with Crippen LogP contribution in [0.4, 0.5) is 0 Å². The van der Waals surface area contributed by atoms with Gasteiger partial charge in [0.2, 0.25) is 0 Å². The molecule has 0 aromatic rings. The number of hydrogen-bond acceptors (Lipinski definition) is 0. The zero-order valence-corrected chi connectivity index (χ0v) is 10.4. The van der Waals surface area contributed by atoms with Gasteiger partial charge in [-0.2, -0.15) is 0 Å². The third-order valence-corrected chi connectivity index (χ3v) is 5.76. The molecule has 0 heteroatoms. The Hall–Kier alpha value is 0. The van der Waals surface area contributed by atoms with Gasteiger partial charge in [-0.1, -0.05) is 26.7 Å². The molecule has 0 aromatic carbocycles. The standard InChI is InChI=1S/C15H26/c1-10-3-5-14-12(7-10)9-13-8-11(2)4-6-15(13)14/h10-15H,3-9H2,1-2H3. The van der Waals surface area contributed by atoms with Gasteiger partial charge < -0.3 is 0 Å². The topological polar surface area (TPSA) is 0 Å². The predicted octanol–water partition coefficient (Wildman–Crippen LogP) is 4.49. The molecule has 0 bridgehead atoms. The van der Waals surface area contributed by atoms with E-state index in [1.54, 1.807) is 32.1 Å². The van der Waals surface area contributed by atoms with Crippen LogP contribution in [0.3, 0.4) is 0 Å². The Kier molecular flexibility index (Phi) is 2.57. The van der Waals surface area contributed by atoms with Crippen LogP contribution in [0.1, 0.15) is 58.8 Å². The SMILES string of the molecule is CC1CCC2C(C1)CC1CC(C)CCC12. The van der Waals surface area contributed by atoms with Crippen molar-refractivity contribution in [3.8, 4) is 0 Å². The van der Waals surface area contributed by atoms with Gasteiger partial charge in [0, 0.05) is 0 Å². The van der Waals surface area contributed by atoms with Crippen molar-refractivity contribution in [1.82, 2.24) is 0 Å². The van der Waals surface area contributed by atoms with Gasteiger partial charge in [0.05, 0.1) is 0 Å². The molecule has 6 unspecified atom stereocenters. The zero-order chi connectivity index (χ0) is 10.4. The van der Waals surface area contributed by atoms with Gasteiger partial charge >= 0.3 is 0 Å². The molecular weight excluding hydrogens is 180 g/mol. The molecule has 0 heterocycles. The number of hydrogen-bond donors (Lipinski definition) is 0. The first-order chi connectivity index (χ1) is 7.24. The molecule has 6 atom stereocenters. The van der Waals surface area contributed by atoms with Crippen LogP contribution in [0.2, 0.25) is 0 Å². The monoisotopic (exact) mass is 206 g/mol. The summed E-state index contributed by atoms with van der Waals surface area (Å²) in [5.41, 5.74) is 0. The lowest BCUT2D eigenvalue weighted by Crippen LogP contribution is -2.26. The molecular formula is C15H26. The maximum Gasteiger partial charge on any atom is -0.0354 e. The molecule has 3 rings (SSSR count). The summed E-state index contributed by atoms with van der Waals surface area (Å²) in [7, 11) is 0. The van der Waals surface area contributed by atoms with Crippen molar-refractivity contribution in [3.63, 3.8) is 0 Å². The minimum atomic E-state index is 1.03. The number of rotatable bonds is 0. The maximum atomic E-state index is 2.47. The van der Waals surface area contributed by atoms with E-state index in [1.807, 2.05) is 0 Å². The summed E-state index contributed by atoms with van der Waals surface area (Å²) in [5, 5.41) is 0. The Bertz CT molecular complexity index is 208. The fourth-order valence-corrected chi connectivity index (χ4v) is 5.10. The van der Waals surface area contributed by atoms with Crippen molar-refractivity contribution in [2.45, 2.75) is 58.8 Å². The van der Waals surface area contributed by atoms with E-state index >= 15 is 0 Å². The highest BCUT2D eigenvalue weighted by atomic mass is 14.5. The minimum Gasteiger partial charge on any atom is -0.0625 e. The lowest BCUT2D eigenvalue weighted by Gasteiger charge is -2.36. The minimum absolute atomic E-state index is 1.03. The molecule has 0 N–H and O–H groups in total. The molecule has 3 aliphatic carbocycles. The summed E-state index contributed by atoms with van der Waals surface area (Å²) >= 11 is 0. The van der Waals surface area contributed by atoms with Gasteiger partial charge in [-0.15, -0.1) is 0 Å². The third-order valence-electron chi connectivity index (χ3n) is 5.76. The van der Waals surface area contributed by atoms with Crippen LogP contribution in [0.15, 0.2) is 0 Å². The van der Waals surface area contributed by atoms with Gasteiger partial charge in [-0.25, -0.2) is 0 Å². The van der Waals surface area contributed by atoms with Crippen LogP contribution in [0.5, 0.6) is 0 Å². The summed E-state index contributed by atoms with van der Waals surface area (Å²) in [6.45, 7) is 4.95. The highest BCUT2D eigenvalue weighted by Crippen LogP contribution is 2.55. The summed E-state index contributed by atoms with van der Waals surface area (Å²) in [5.74, 6) is 6.63. The maximum absolute atomic E-state index is 2.47. The lowest BCUT2D eigenvalue weighted by molar-refractivity contribution is 0.144. The first-order valence-corrected chi connectivity index (χ1v) is 7.24. The van der Waals surface area contributed by atoms with E-state index in [0.717, 1.165) is 35.5 Å². The predicted molar refractivity (Wildman–Crippen MR) is 64.6 cm³/mol. The molecule has 3 aliphatic rings. The second-order valence-corrected chi connectivity index (χ2v) is 6.92. The average molecular weight is 206 g/mol. The van der Waals surface area contributed by atoms with Crippen molar-refractivity contribution in [1.29, 1.82) is 0 Å². The fraction of sp³-hybridized carbons (Fsp3) is 1.00. The van der Waals surface area contributed by atoms with E-state index in [-0.39, 0.29) is 0 Å². The van der Waals surface area contributed by atoms with Crippen molar-refractivity contribution >= 4 is 0 Å². The van der Waals surface area contributed by atoms with Gasteiger partial charge in [0.25, 0.3) is 0 Å². The molecule has 0 aromatic heterocycles. The Morgan fingerprint density at radius 1 is 0.600 bits per heavy atom. The normalized spacial score (nSPS) is 54.8. The Labute approximate surface area is 94.8 Å². The zero-order valence-electron chi connectivity index (χ0n) is 10.4. The summed E-state index contributed by atoms with van der Waals surface area (Å²) < 4.78 is 0. The van der Waals surface area contributed by atoms with Crippen LogP contribution in [-0.4, -0.2) is 0 Å². The van der Waals surface area contributed by atoms with Crippen molar-refractivity contribution < 1.29 is 0 Å². The van der Waals surface area contributed by atoms with Gasteiger partial charge in [0.15, 0.2) is 0 Å². The van der Waals surface area contributed by atoms with E-state index in [0.29, 0.717) is 0 Å². The summed E-state index contributed by atoms with van der Waals surface area (Å²) in [6, 6.07) is 0. The molecule has 0 radical (unpaired) electrons. The Morgan fingerprint density at radius 3 is 1.53 bits per heavy atom.